The lowest BCUT2D eigenvalue weighted by Gasteiger charge is -2.11. The molecule has 19 heavy (non-hydrogen) atoms. The van der Waals surface area contributed by atoms with E-state index in [9.17, 15) is 9.59 Å². The molecule has 0 saturated carbocycles. The quantitative estimate of drug-likeness (QED) is 0.821. The average molecular weight is 259 g/mol. The van der Waals surface area contributed by atoms with Gasteiger partial charge in [0.05, 0.1) is 11.4 Å². The lowest BCUT2D eigenvalue weighted by molar-refractivity contribution is -0.735. The van der Waals surface area contributed by atoms with Crippen molar-refractivity contribution in [3.63, 3.8) is 0 Å². The first-order chi connectivity index (χ1) is 8.93. The van der Waals surface area contributed by atoms with Crippen LogP contribution in [0.4, 0.5) is 0 Å². The van der Waals surface area contributed by atoms with Crippen LogP contribution in [0, 0.1) is 20.8 Å². The van der Waals surface area contributed by atoms with Crippen LogP contribution in [0.15, 0.2) is 35.3 Å². The van der Waals surface area contributed by atoms with Crippen molar-refractivity contribution in [3.05, 3.63) is 63.3 Å². The summed E-state index contributed by atoms with van der Waals surface area (Å²) in [5.41, 5.74) is 1.38. The van der Waals surface area contributed by atoms with Crippen molar-refractivity contribution in [1.82, 2.24) is 4.68 Å². The van der Waals surface area contributed by atoms with E-state index in [1.54, 1.807) is 18.5 Å². The molecule has 0 spiro atoms. The number of aryl methyl sites for hydroxylation is 2. The molecule has 2 rings (SSSR count). The highest BCUT2D eigenvalue weighted by Gasteiger charge is 2.21. The summed E-state index contributed by atoms with van der Waals surface area (Å²) in [6, 6.07) is 7.01. The smallest absolute Gasteiger partial charge is 0.341 e. The Morgan fingerprint density at radius 1 is 1.26 bits per heavy atom. The average Bonchev–Trinajstić information content (AvgIpc) is 2.30. The van der Waals surface area contributed by atoms with E-state index < -0.39 is 11.4 Å². The molecule has 5 nitrogen and oxygen atoms in total. The number of carbonyl (C=O) groups is 1. The van der Waals surface area contributed by atoms with Gasteiger partial charge >= 0.3 is 5.97 Å². The Morgan fingerprint density at radius 3 is 2.53 bits per heavy atom. The lowest BCUT2D eigenvalue weighted by atomic mass is 10.1. The van der Waals surface area contributed by atoms with Crippen molar-refractivity contribution in [1.29, 1.82) is 0 Å². The molecule has 0 bridgehead atoms. The molecular weight excluding hydrogens is 244 g/mol. The minimum Gasteiger partial charge on any atom is -0.477 e. The largest absolute Gasteiger partial charge is 0.477 e. The van der Waals surface area contributed by atoms with E-state index >= 15 is 0 Å². The number of hydrogen-bond acceptors (Lipinski definition) is 2. The maximum atomic E-state index is 11.8. The number of rotatable bonds is 2. The fourth-order valence-corrected chi connectivity index (χ4v) is 2.21. The van der Waals surface area contributed by atoms with E-state index in [2.05, 4.69) is 0 Å². The van der Waals surface area contributed by atoms with Crippen LogP contribution < -0.4 is 10.1 Å². The summed E-state index contributed by atoms with van der Waals surface area (Å²) in [4.78, 5) is 23.0. The highest BCUT2D eigenvalue weighted by Crippen LogP contribution is 2.05. The standard InChI is InChI=1S/C14H14N2O3/c1-9-6-4-5-7-15(9)16-10(2)8-12(17)13(11(16)3)14(18)19/h4-8H,1-3H3/p+1. The second-order valence-corrected chi connectivity index (χ2v) is 4.41. The number of pyridine rings is 2. The molecule has 0 aliphatic heterocycles. The van der Waals surface area contributed by atoms with Crippen LogP contribution in [0.25, 0.3) is 0 Å². The van der Waals surface area contributed by atoms with Gasteiger partial charge in [0.2, 0.25) is 11.9 Å². The summed E-state index contributed by atoms with van der Waals surface area (Å²) in [7, 11) is 0. The first-order valence-corrected chi connectivity index (χ1v) is 5.88. The van der Waals surface area contributed by atoms with Crippen LogP contribution >= 0.6 is 0 Å². The molecule has 0 saturated heterocycles. The first kappa shape index (κ1) is 13.0. The topological polar surface area (TPSA) is 63.2 Å². The van der Waals surface area contributed by atoms with Crippen molar-refractivity contribution in [2.24, 2.45) is 0 Å². The number of nitrogens with zero attached hydrogens (tertiary/aromatic N) is 2. The second-order valence-electron chi connectivity index (χ2n) is 4.41. The Morgan fingerprint density at radius 2 is 1.95 bits per heavy atom. The zero-order valence-corrected chi connectivity index (χ0v) is 11.0. The van der Waals surface area contributed by atoms with Gasteiger partial charge in [-0.2, -0.15) is 0 Å². The Balaban J connectivity index is 2.86. The Labute approximate surface area is 110 Å². The third-order valence-electron chi connectivity index (χ3n) is 3.07. The van der Waals surface area contributed by atoms with E-state index in [4.69, 9.17) is 5.11 Å². The number of aromatic carboxylic acids is 1. The van der Waals surface area contributed by atoms with Crippen molar-refractivity contribution in [3.8, 4) is 0 Å². The number of aromatic nitrogens is 2. The van der Waals surface area contributed by atoms with E-state index in [1.807, 2.05) is 36.0 Å². The van der Waals surface area contributed by atoms with Crippen LogP contribution in [0.5, 0.6) is 0 Å². The monoisotopic (exact) mass is 259 g/mol. The Hall–Kier alpha value is -2.43. The van der Waals surface area contributed by atoms with Crippen LogP contribution in [0.2, 0.25) is 0 Å². The lowest BCUT2D eigenvalue weighted by Crippen LogP contribution is -2.48. The van der Waals surface area contributed by atoms with Crippen molar-refractivity contribution in [2.75, 3.05) is 0 Å². The minimum atomic E-state index is -1.20. The maximum absolute atomic E-state index is 11.8. The molecule has 5 heteroatoms. The molecule has 0 atom stereocenters. The highest BCUT2D eigenvalue weighted by atomic mass is 16.4. The Bertz CT molecular complexity index is 717. The summed E-state index contributed by atoms with van der Waals surface area (Å²) in [6.07, 6.45) is 1.82. The number of carboxylic acid groups (broad SMARTS) is 1. The van der Waals surface area contributed by atoms with E-state index in [1.165, 1.54) is 6.07 Å². The summed E-state index contributed by atoms with van der Waals surface area (Å²) in [5.74, 6) is -1.20. The Kier molecular flexibility index (Phi) is 3.21. The fourth-order valence-electron chi connectivity index (χ4n) is 2.21. The molecule has 0 amide bonds. The zero-order valence-electron chi connectivity index (χ0n) is 11.0. The highest BCUT2D eigenvalue weighted by molar-refractivity contribution is 5.88. The molecule has 0 aliphatic carbocycles. The third-order valence-corrected chi connectivity index (χ3v) is 3.07. The van der Waals surface area contributed by atoms with Gasteiger partial charge in [-0.3, -0.25) is 4.79 Å². The zero-order chi connectivity index (χ0) is 14.2. The van der Waals surface area contributed by atoms with Gasteiger partial charge in [0.1, 0.15) is 5.56 Å². The predicted octanol–water partition coefficient (Wildman–Crippen LogP) is 1.07. The molecular formula is C14H15N2O3+. The second kappa shape index (κ2) is 4.68. The fraction of sp³-hybridized carbons (Fsp3) is 0.214. The van der Waals surface area contributed by atoms with E-state index in [0.29, 0.717) is 11.4 Å². The molecule has 0 fully saturated rings. The van der Waals surface area contributed by atoms with Crippen LogP contribution in [0.1, 0.15) is 27.4 Å². The van der Waals surface area contributed by atoms with Gasteiger partial charge in [-0.15, -0.1) is 4.68 Å². The normalized spacial score (nSPS) is 10.5. The van der Waals surface area contributed by atoms with Gasteiger partial charge < -0.3 is 5.11 Å². The van der Waals surface area contributed by atoms with Gasteiger partial charge in [-0.1, -0.05) is 4.68 Å². The molecule has 1 N–H and O–H groups in total. The molecule has 2 aromatic heterocycles. The maximum Gasteiger partial charge on any atom is 0.341 e. The minimum absolute atomic E-state index is 0.193. The summed E-state index contributed by atoms with van der Waals surface area (Å²) < 4.78 is 3.54. The van der Waals surface area contributed by atoms with Crippen LogP contribution in [-0.4, -0.2) is 15.8 Å². The number of carboxylic acids is 1. The molecule has 2 heterocycles. The van der Waals surface area contributed by atoms with Crippen molar-refractivity contribution in [2.45, 2.75) is 20.8 Å². The van der Waals surface area contributed by atoms with Crippen molar-refractivity contribution >= 4 is 5.97 Å². The molecule has 0 aromatic carbocycles. The van der Waals surface area contributed by atoms with Crippen molar-refractivity contribution < 1.29 is 14.6 Å². The van der Waals surface area contributed by atoms with E-state index in [0.717, 1.165) is 5.69 Å². The molecule has 0 radical (unpaired) electrons. The summed E-state index contributed by atoms with van der Waals surface area (Å²) in [5, 5.41) is 9.16. The molecule has 2 aromatic rings. The van der Waals surface area contributed by atoms with Gasteiger partial charge in [0.15, 0.2) is 5.43 Å². The first-order valence-electron chi connectivity index (χ1n) is 5.88. The number of hydrogen-bond donors (Lipinski definition) is 1. The van der Waals surface area contributed by atoms with Gasteiger partial charge in [-0.25, -0.2) is 4.79 Å². The van der Waals surface area contributed by atoms with Gasteiger partial charge in [0.25, 0.3) is 0 Å². The van der Waals surface area contributed by atoms with E-state index in [-0.39, 0.29) is 5.56 Å². The molecule has 0 aliphatic rings. The molecule has 98 valence electrons. The van der Waals surface area contributed by atoms with Crippen LogP contribution in [-0.2, 0) is 0 Å². The van der Waals surface area contributed by atoms with Gasteiger partial charge in [0, 0.05) is 25.1 Å². The third kappa shape index (κ3) is 2.14. The molecule has 0 unspecified atom stereocenters. The SMILES string of the molecule is Cc1cc(=O)c(C(=O)O)c(C)n1-[n+]1ccccc1C. The summed E-state index contributed by atoms with van der Waals surface area (Å²) >= 11 is 0. The predicted molar refractivity (Wildman–Crippen MR) is 69.3 cm³/mol. The van der Waals surface area contributed by atoms with Gasteiger partial charge in [-0.05, 0) is 19.9 Å². The van der Waals surface area contributed by atoms with Crippen LogP contribution in [0.3, 0.4) is 0 Å². The summed E-state index contributed by atoms with van der Waals surface area (Å²) in [6.45, 7) is 5.33.